The number of benzene rings is 1. The van der Waals surface area contributed by atoms with Crippen LogP contribution in [0, 0.1) is 17.3 Å². The van der Waals surface area contributed by atoms with E-state index in [1.165, 1.54) is 31.2 Å². The second-order valence-corrected chi connectivity index (χ2v) is 9.49. The molecule has 1 aromatic carbocycles. The Morgan fingerprint density at radius 2 is 1.96 bits per heavy atom. The number of aliphatic hydroxyl groups is 1. The largest absolute Gasteiger partial charge is 0.497 e. The van der Waals surface area contributed by atoms with Crippen molar-refractivity contribution < 1.29 is 14.6 Å². The number of hydrogen-bond acceptors (Lipinski definition) is 4. The number of carbonyl (C=O) groups excluding carboxylic acids is 1. The lowest BCUT2D eigenvalue weighted by Gasteiger charge is -2.55. The topological polar surface area (TPSA) is 53.0 Å². The summed E-state index contributed by atoms with van der Waals surface area (Å²) in [4.78, 5) is 17.9. The van der Waals surface area contributed by atoms with Crippen LogP contribution in [0.25, 0.3) is 0 Å². The molecular weight excluding hydrogens is 352 g/mol. The van der Waals surface area contributed by atoms with Crippen molar-refractivity contribution in [1.82, 2.24) is 9.80 Å². The van der Waals surface area contributed by atoms with Gasteiger partial charge in [-0.05, 0) is 68.1 Å². The van der Waals surface area contributed by atoms with E-state index in [0.717, 1.165) is 38.2 Å². The van der Waals surface area contributed by atoms with Crippen LogP contribution in [0.15, 0.2) is 24.3 Å². The predicted octanol–water partition coefficient (Wildman–Crippen LogP) is 2.84. The van der Waals surface area contributed by atoms with Gasteiger partial charge in [-0.3, -0.25) is 9.69 Å². The predicted molar refractivity (Wildman–Crippen MR) is 107 cm³/mol. The number of hydrogen-bond donors (Lipinski definition) is 1. The fourth-order valence-electron chi connectivity index (χ4n) is 6.08. The summed E-state index contributed by atoms with van der Waals surface area (Å²) in [5.74, 6) is 2.28. The molecule has 1 saturated carbocycles. The molecule has 0 radical (unpaired) electrons. The molecule has 5 rings (SSSR count). The second kappa shape index (κ2) is 7.03. The highest BCUT2D eigenvalue weighted by atomic mass is 16.5. The Kier molecular flexibility index (Phi) is 4.63. The maximum Gasteiger partial charge on any atom is 0.231 e. The zero-order valence-corrected chi connectivity index (χ0v) is 16.8. The Balaban J connectivity index is 1.34. The number of likely N-dealkylation sites (tertiary alicyclic amines) is 1. The Bertz CT molecular complexity index is 730. The monoisotopic (exact) mass is 384 g/mol. The Hall–Kier alpha value is -1.59. The van der Waals surface area contributed by atoms with E-state index in [9.17, 15) is 9.90 Å². The average molecular weight is 385 g/mol. The van der Waals surface area contributed by atoms with E-state index >= 15 is 0 Å². The molecule has 3 aliphatic heterocycles. The molecule has 5 nitrogen and oxygen atoms in total. The first-order valence-corrected chi connectivity index (χ1v) is 10.9. The highest BCUT2D eigenvalue weighted by Crippen LogP contribution is 2.49. The standard InChI is InChI=1S/C23H32N2O3/c1-28-19-7-5-17(6-8-19)20-3-2-4-21-18-11-16(13-25(20)21)12-24(14-18)22(27)23(15-26)9-10-23/h5-8,16,18,20-21,26H,2-4,9-15H2,1H3/t16-,18+,20+,21-/m0/s1. The smallest absolute Gasteiger partial charge is 0.231 e. The average Bonchev–Trinajstić information content (AvgIpc) is 3.54. The Morgan fingerprint density at radius 1 is 1.18 bits per heavy atom. The van der Waals surface area contributed by atoms with Gasteiger partial charge in [0.15, 0.2) is 0 Å². The van der Waals surface area contributed by atoms with E-state index in [1.807, 2.05) is 0 Å². The highest BCUT2D eigenvalue weighted by molar-refractivity contribution is 5.85. The van der Waals surface area contributed by atoms with Crippen LogP contribution in [0.4, 0.5) is 0 Å². The van der Waals surface area contributed by atoms with Crippen molar-refractivity contribution in [2.24, 2.45) is 17.3 Å². The number of aliphatic hydroxyl groups excluding tert-OH is 1. The van der Waals surface area contributed by atoms with E-state index in [2.05, 4.69) is 34.1 Å². The number of amides is 1. The SMILES string of the molecule is COc1ccc([C@H]2CCC[C@H]3[C@@H]4C[C@@H](CN(C(=O)C5(CO)CC5)C4)CN23)cc1. The van der Waals surface area contributed by atoms with Gasteiger partial charge in [0.1, 0.15) is 5.75 Å². The molecule has 1 aromatic rings. The molecule has 4 fully saturated rings. The van der Waals surface area contributed by atoms with Crippen molar-refractivity contribution >= 4 is 5.91 Å². The molecule has 3 heterocycles. The number of methoxy groups -OCH3 is 1. The van der Waals surface area contributed by atoms with Crippen LogP contribution in [0.1, 0.15) is 50.1 Å². The molecule has 0 spiro atoms. The molecule has 2 bridgehead atoms. The van der Waals surface area contributed by atoms with Gasteiger partial charge in [0.05, 0.1) is 19.1 Å². The highest BCUT2D eigenvalue weighted by Gasteiger charge is 2.54. The normalized spacial score (nSPS) is 33.9. The van der Waals surface area contributed by atoms with Gasteiger partial charge in [-0.25, -0.2) is 0 Å². The van der Waals surface area contributed by atoms with Crippen molar-refractivity contribution in [1.29, 1.82) is 0 Å². The second-order valence-electron chi connectivity index (χ2n) is 9.49. The lowest BCUT2D eigenvalue weighted by Crippen LogP contribution is -2.61. The van der Waals surface area contributed by atoms with Gasteiger partial charge >= 0.3 is 0 Å². The first-order chi connectivity index (χ1) is 13.6. The third-order valence-electron chi connectivity index (χ3n) is 7.78. The van der Waals surface area contributed by atoms with Crippen molar-refractivity contribution in [3.63, 3.8) is 0 Å². The summed E-state index contributed by atoms with van der Waals surface area (Å²) in [7, 11) is 1.72. The van der Waals surface area contributed by atoms with Crippen molar-refractivity contribution in [2.45, 2.75) is 50.6 Å². The van der Waals surface area contributed by atoms with Gasteiger partial charge in [0.25, 0.3) is 0 Å². The molecule has 1 aliphatic carbocycles. The van der Waals surface area contributed by atoms with Crippen molar-refractivity contribution in [3.8, 4) is 5.75 Å². The molecule has 5 heteroatoms. The van der Waals surface area contributed by atoms with Gasteiger partial charge in [0, 0.05) is 31.7 Å². The van der Waals surface area contributed by atoms with E-state index in [0.29, 0.717) is 23.9 Å². The Labute approximate surface area is 167 Å². The summed E-state index contributed by atoms with van der Waals surface area (Å²) in [5, 5.41) is 9.68. The lowest BCUT2D eigenvalue weighted by molar-refractivity contribution is -0.146. The van der Waals surface area contributed by atoms with Crippen LogP contribution in [0.5, 0.6) is 5.75 Å². The first-order valence-electron chi connectivity index (χ1n) is 10.9. The third-order valence-corrected chi connectivity index (χ3v) is 7.78. The number of piperidine rings is 3. The van der Waals surface area contributed by atoms with Crippen LogP contribution in [0.2, 0.25) is 0 Å². The van der Waals surface area contributed by atoms with Gasteiger partial charge in [0.2, 0.25) is 5.91 Å². The molecule has 4 atom stereocenters. The Morgan fingerprint density at radius 3 is 2.64 bits per heavy atom. The van der Waals surface area contributed by atoms with Gasteiger partial charge in [-0.15, -0.1) is 0 Å². The van der Waals surface area contributed by atoms with E-state index < -0.39 is 5.41 Å². The quantitative estimate of drug-likeness (QED) is 0.867. The third kappa shape index (κ3) is 3.03. The molecule has 3 saturated heterocycles. The minimum absolute atomic E-state index is 0.0206. The van der Waals surface area contributed by atoms with Crippen molar-refractivity contribution in [3.05, 3.63) is 29.8 Å². The number of carbonyl (C=O) groups is 1. The first kappa shape index (κ1) is 18.4. The molecule has 152 valence electrons. The van der Waals surface area contributed by atoms with Gasteiger partial charge < -0.3 is 14.7 Å². The molecular formula is C23H32N2O3. The van der Waals surface area contributed by atoms with Crippen LogP contribution in [-0.2, 0) is 4.79 Å². The minimum atomic E-state index is -0.427. The van der Waals surface area contributed by atoms with Crippen LogP contribution < -0.4 is 4.74 Å². The fourth-order valence-corrected chi connectivity index (χ4v) is 6.08. The van der Waals surface area contributed by atoms with Crippen LogP contribution >= 0.6 is 0 Å². The number of ether oxygens (including phenoxy) is 1. The number of nitrogens with zero attached hydrogens (tertiary/aromatic N) is 2. The maximum absolute atomic E-state index is 13.0. The van der Waals surface area contributed by atoms with E-state index in [4.69, 9.17) is 4.74 Å². The zero-order chi connectivity index (χ0) is 19.3. The van der Waals surface area contributed by atoms with E-state index in [-0.39, 0.29) is 12.5 Å². The summed E-state index contributed by atoms with van der Waals surface area (Å²) < 4.78 is 5.33. The summed E-state index contributed by atoms with van der Waals surface area (Å²) in [6, 6.07) is 9.68. The summed E-state index contributed by atoms with van der Waals surface area (Å²) in [5.41, 5.74) is 0.972. The fraction of sp³-hybridized carbons (Fsp3) is 0.696. The molecule has 0 aromatic heterocycles. The lowest BCUT2D eigenvalue weighted by atomic mass is 9.73. The van der Waals surface area contributed by atoms with Crippen molar-refractivity contribution in [2.75, 3.05) is 33.4 Å². The van der Waals surface area contributed by atoms with Gasteiger partial charge in [-0.2, -0.15) is 0 Å². The zero-order valence-electron chi connectivity index (χ0n) is 16.8. The number of rotatable bonds is 4. The number of fused-ring (bicyclic) bond motifs is 4. The minimum Gasteiger partial charge on any atom is -0.497 e. The maximum atomic E-state index is 13.0. The molecule has 1 N–H and O–H groups in total. The molecule has 4 aliphatic rings. The van der Waals surface area contributed by atoms with Gasteiger partial charge in [-0.1, -0.05) is 12.1 Å². The van der Waals surface area contributed by atoms with Crippen LogP contribution in [0.3, 0.4) is 0 Å². The summed E-state index contributed by atoms with van der Waals surface area (Å²) in [6.07, 6.45) is 6.71. The summed E-state index contributed by atoms with van der Waals surface area (Å²) in [6.45, 7) is 2.86. The summed E-state index contributed by atoms with van der Waals surface area (Å²) >= 11 is 0. The van der Waals surface area contributed by atoms with Crippen LogP contribution in [-0.4, -0.2) is 60.2 Å². The molecule has 28 heavy (non-hydrogen) atoms. The molecule has 1 amide bonds. The molecule has 0 unspecified atom stereocenters. The van der Waals surface area contributed by atoms with E-state index in [1.54, 1.807) is 7.11 Å².